The van der Waals surface area contributed by atoms with Crippen LogP contribution in [-0.2, 0) is 10.0 Å². The van der Waals surface area contributed by atoms with Crippen LogP contribution >= 0.6 is 0 Å². The molecule has 2 aromatic carbocycles. The third kappa shape index (κ3) is 4.66. The van der Waals surface area contributed by atoms with Crippen LogP contribution in [0.25, 0.3) is 22.8 Å². The fraction of sp³-hybridized carbons (Fsp3) is 0.273. The van der Waals surface area contributed by atoms with Gasteiger partial charge >= 0.3 is 0 Å². The van der Waals surface area contributed by atoms with Gasteiger partial charge in [0.05, 0.1) is 10.5 Å². The summed E-state index contributed by atoms with van der Waals surface area (Å²) in [7, 11) is -3.76. The third-order valence-electron chi connectivity index (χ3n) is 5.06. The number of benzene rings is 2. The number of halogens is 1. The number of nitrogens with one attached hydrogen (secondary N) is 1. The van der Waals surface area contributed by atoms with E-state index >= 15 is 0 Å². The van der Waals surface area contributed by atoms with Gasteiger partial charge in [-0.05, 0) is 68.5 Å². The van der Waals surface area contributed by atoms with Crippen LogP contribution in [0.3, 0.4) is 0 Å². The molecule has 0 amide bonds. The van der Waals surface area contributed by atoms with Gasteiger partial charge in [0.15, 0.2) is 0 Å². The fourth-order valence-corrected chi connectivity index (χ4v) is 4.71. The van der Waals surface area contributed by atoms with E-state index < -0.39 is 10.0 Å². The van der Waals surface area contributed by atoms with Gasteiger partial charge in [-0.1, -0.05) is 28.9 Å². The summed E-state index contributed by atoms with van der Waals surface area (Å²) in [5.41, 5.74) is 2.20. The normalized spacial score (nSPS) is 14.5. The van der Waals surface area contributed by atoms with Crippen LogP contribution in [0, 0.1) is 5.82 Å². The van der Waals surface area contributed by atoms with Crippen LogP contribution in [0.5, 0.6) is 0 Å². The van der Waals surface area contributed by atoms with Gasteiger partial charge in [0.1, 0.15) is 5.82 Å². The molecule has 156 valence electrons. The highest BCUT2D eigenvalue weighted by molar-refractivity contribution is 7.89. The lowest BCUT2D eigenvalue weighted by molar-refractivity contribution is 0.431. The van der Waals surface area contributed by atoms with Crippen LogP contribution in [0.1, 0.15) is 32.1 Å². The number of hydrogen-bond acceptors (Lipinski definition) is 5. The van der Waals surface area contributed by atoms with Crippen molar-refractivity contribution in [3.05, 3.63) is 66.0 Å². The Morgan fingerprint density at radius 2 is 1.87 bits per heavy atom. The molecule has 0 radical (unpaired) electrons. The maximum absolute atomic E-state index is 13.1. The van der Waals surface area contributed by atoms with Crippen molar-refractivity contribution in [3.8, 4) is 22.8 Å². The maximum atomic E-state index is 13.1. The van der Waals surface area contributed by atoms with Gasteiger partial charge in [0.2, 0.25) is 15.8 Å². The van der Waals surface area contributed by atoms with E-state index in [1.54, 1.807) is 18.2 Å². The monoisotopic (exact) mass is 427 g/mol. The topological polar surface area (TPSA) is 85.1 Å². The minimum Gasteiger partial charge on any atom is -0.334 e. The molecule has 0 aliphatic heterocycles. The first kappa shape index (κ1) is 20.4. The standard InChI is InChI=1S/C22H22FN3O3S/c23-18-12-10-17(11-13-18)21-25-22(29-26-21)19-8-4-5-9-20(19)30(27,28)24-15-14-16-6-2-1-3-7-16/h4-6,8-13,24H,1-3,7,14-15H2. The minimum absolute atomic E-state index is 0.0805. The molecule has 30 heavy (non-hydrogen) atoms. The molecule has 0 bridgehead atoms. The molecule has 1 aliphatic carbocycles. The summed E-state index contributed by atoms with van der Waals surface area (Å²) in [5, 5.41) is 3.91. The molecular formula is C22H22FN3O3S. The van der Waals surface area contributed by atoms with Crippen LogP contribution in [0.15, 0.2) is 69.6 Å². The molecule has 1 heterocycles. The van der Waals surface area contributed by atoms with Gasteiger partial charge in [-0.2, -0.15) is 4.98 Å². The molecule has 0 saturated carbocycles. The molecule has 1 aliphatic rings. The Kier molecular flexibility index (Phi) is 6.06. The summed E-state index contributed by atoms with van der Waals surface area (Å²) in [6.45, 7) is 0.340. The first-order chi connectivity index (χ1) is 14.5. The summed E-state index contributed by atoms with van der Waals surface area (Å²) in [4.78, 5) is 4.39. The Bertz CT molecular complexity index is 1150. The third-order valence-corrected chi connectivity index (χ3v) is 6.58. The molecule has 6 nitrogen and oxygen atoms in total. The summed E-state index contributed by atoms with van der Waals surface area (Å²) in [5.74, 6) is -0.0198. The van der Waals surface area contributed by atoms with Crippen molar-refractivity contribution in [1.82, 2.24) is 14.9 Å². The summed E-state index contributed by atoms with van der Waals surface area (Å²) >= 11 is 0. The van der Waals surface area contributed by atoms with E-state index in [9.17, 15) is 12.8 Å². The number of hydrogen-bond donors (Lipinski definition) is 1. The van der Waals surface area contributed by atoms with Gasteiger partial charge < -0.3 is 4.52 Å². The smallest absolute Gasteiger partial charge is 0.259 e. The van der Waals surface area contributed by atoms with E-state index in [0.29, 0.717) is 24.1 Å². The quantitative estimate of drug-likeness (QED) is 0.552. The highest BCUT2D eigenvalue weighted by atomic mass is 32.2. The summed E-state index contributed by atoms with van der Waals surface area (Å²) in [6, 6.07) is 12.2. The molecule has 3 aromatic rings. The van der Waals surface area contributed by atoms with Crippen LogP contribution in [0.2, 0.25) is 0 Å². The molecule has 1 N–H and O–H groups in total. The lowest BCUT2D eigenvalue weighted by Crippen LogP contribution is -2.25. The maximum Gasteiger partial charge on any atom is 0.259 e. The summed E-state index contributed by atoms with van der Waals surface area (Å²) in [6.07, 6.45) is 7.38. The van der Waals surface area contributed by atoms with Gasteiger partial charge in [0.25, 0.3) is 5.89 Å². The lowest BCUT2D eigenvalue weighted by Gasteiger charge is -2.13. The van der Waals surface area contributed by atoms with Crippen molar-refractivity contribution in [1.29, 1.82) is 0 Å². The Morgan fingerprint density at radius 3 is 2.63 bits per heavy atom. The number of sulfonamides is 1. The van der Waals surface area contributed by atoms with Crippen molar-refractivity contribution < 1.29 is 17.3 Å². The van der Waals surface area contributed by atoms with E-state index in [4.69, 9.17) is 4.52 Å². The molecule has 0 atom stereocenters. The largest absolute Gasteiger partial charge is 0.334 e. The minimum atomic E-state index is -3.76. The zero-order valence-corrected chi connectivity index (χ0v) is 17.2. The molecule has 1 aromatic heterocycles. The second kappa shape index (κ2) is 8.89. The van der Waals surface area contributed by atoms with E-state index in [1.165, 1.54) is 42.3 Å². The second-order valence-electron chi connectivity index (χ2n) is 7.18. The Hall–Kier alpha value is -2.84. The van der Waals surface area contributed by atoms with E-state index in [2.05, 4.69) is 20.9 Å². The zero-order chi connectivity index (χ0) is 21.0. The van der Waals surface area contributed by atoms with Crippen LogP contribution in [-0.4, -0.2) is 25.1 Å². The first-order valence-electron chi connectivity index (χ1n) is 9.89. The van der Waals surface area contributed by atoms with Crippen molar-refractivity contribution in [3.63, 3.8) is 0 Å². The lowest BCUT2D eigenvalue weighted by atomic mass is 9.97. The van der Waals surface area contributed by atoms with E-state index in [0.717, 1.165) is 19.3 Å². The van der Waals surface area contributed by atoms with Crippen molar-refractivity contribution >= 4 is 10.0 Å². The number of nitrogens with zero attached hydrogens (tertiary/aromatic N) is 2. The molecule has 8 heteroatoms. The highest BCUT2D eigenvalue weighted by Crippen LogP contribution is 2.28. The van der Waals surface area contributed by atoms with Crippen molar-refractivity contribution in [2.75, 3.05) is 6.54 Å². The van der Waals surface area contributed by atoms with Crippen molar-refractivity contribution in [2.24, 2.45) is 0 Å². The fourth-order valence-electron chi connectivity index (χ4n) is 3.48. The molecule has 0 unspecified atom stereocenters. The average Bonchev–Trinajstić information content (AvgIpc) is 3.25. The van der Waals surface area contributed by atoms with Gasteiger partial charge in [-0.25, -0.2) is 17.5 Å². The van der Waals surface area contributed by atoms with Crippen LogP contribution in [0.4, 0.5) is 4.39 Å². The number of allylic oxidation sites excluding steroid dienone is 1. The second-order valence-corrected chi connectivity index (χ2v) is 8.92. The zero-order valence-electron chi connectivity index (χ0n) is 16.3. The van der Waals surface area contributed by atoms with E-state index in [1.807, 2.05) is 0 Å². The SMILES string of the molecule is O=S(=O)(NCCC1=CCCCC1)c1ccccc1-c1nc(-c2ccc(F)cc2)no1. The Balaban J connectivity index is 1.55. The first-order valence-corrected chi connectivity index (χ1v) is 11.4. The number of aromatic nitrogens is 2. The van der Waals surface area contributed by atoms with Crippen molar-refractivity contribution in [2.45, 2.75) is 37.0 Å². The Labute approximate surface area is 174 Å². The number of rotatable bonds is 7. The molecular weight excluding hydrogens is 405 g/mol. The Morgan fingerprint density at radius 1 is 1.07 bits per heavy atom. The van der Waals surface area contributed by atoms with E-state index in [-0.39, 0.29) is 22.4 Å². The van der Waals surface area contributed by atoms with Crippen LogP contribution < -0.4 is 4.72 Å². The summed E-state index contributed by atoms with van der Waals surface area (Å²) < 4.78 is 47.0. The molecule has 0 saturated heterocycles. The van der Waals surface area contributed by atoms with Gasteiger partial charge in [-0.3, -0.25) is 0 Å². The van der Waals surface area contributed by atoms with Gasteiger partial charge in [0, 0.05) is 12.1 Å². The predicted molar refractivity (Wildman–Crippen MR) is 111 cm³/mol. The predicted octanol–water partition coefficient (Wildman–Crippen LogP) is 4.71. The molecule has 0 spiro atoms. The van der Waals surface area contributed by atoms with Gasteiger partial charge in [-0.15, -0.1) is 0 Å². The highest BCUT2D eigenvalue weighted by Gasteiger charge is 2.22. The molecule has 4 rings (SSSR count). The average molecular weight is 428 g/mol. The molecule has 0 fully saturated rings.